The smallest absolute Gasteiger partial charge is 0.00926 e. The first kappa shape index (κ1) is 30.8. The van der Waals surface area contributed by atoms with Crippen molar-refractivity contribution in [1.82, 2.24) is 0 Å². The molecule has 0 fully saturated rings. The van der Waals surface area contributed by atoms with Crippen molar-refractivity contribution >= 4 is 37.9 Å². The summed E-state index contributed by atoms with van der Waals surface area (Å²) in [5, 5.41) is 7.86. The third-order valence-corrected chi connectivity index (χ3v) is 11.5. The fourth-order valence-corrected chi connectivity index (χ4v) is 8.79. The third-order valence-electron chi connectivity index (χ3n) is 11.5. The highest BCUT2D eigenvalue weighted by atomic mass is 14.2. The minimum Gasteiger partial charge on any atom is -0.0836 e. The first-order valence-electron chi connectivity index (χ1n) is 18.9. The number of rotatable bonds is 5. The molecule has 248 valence electrons. The van der Waals surface area contributed by atoms with Gasteiger partial charge in [-0.1, -0.05) is 146 Å². The van der Waals surface area contributed by atoms with E-state index in [0.717, 1.165) is 12.8 Å². The van der Waals surface area contributed by atoms with E-state index in [-0.39, 0.29) is 0 Å². The summed E-state index contributed by atoms with van der Waals surface area (Å²) in [6, 6.07) is 57.1. The standard InChI is InChI=1S/C52H40/c1-2-11-35(12-3-1)43-27-29-49-47-20-6-7-21-48(47)50-30-28-44(34-52(50)51(49)33-43)42-18-9-17-41(32-42)40-16-8-15-39(31-40)36-23-25-38(26-24-36)46-22-10-14-37-13-4-5-19-45(37)46/h2,6-12,14-18,20-34H,1,3-5,13,19H2. The van der Waals surface area contributed by atoms with Crippen LogP contribution < -0.4 is 0 Å². The lowest BCUT2D eigenvalue weighted by atomic mass is 9.85. The van der Waals surface area contributed by atoms with Gasteiger partial charge < -0.3 is 0 Å². The van der Waals surface area contributed by atoms with E-state index in [4.69, 9.17) is 0 Å². The third kappa shape index (κ3) is 5.47. The zero-order valence-corrected chi connectivity index (χ0v) is 29.4. The molecule has 0 N–H and O–H groups in total. The predicted octanol–water partition coefficient (Wildman–Crippen LogP) is 14.4. The molecule has 0 aromatic heterocycles. The van der Waals surface area contributed by atoms with Crippen LogP contribution in [0.15, 0.2) is 170 Å². The van der Waals surface area contributed by atoms with Gasteiger partial charge in [0.2, 0.25) is 0 Å². The molecule has 0 heteroatoms. The SMILES string of the molecule is C1=CC(c2ccc3c4ccccc4c4ccc(-c5cccc(-c6cccc(-c7ccc(-c8cccc9c8CCCC9)cc7)c6)c5)cc4c3c2)=CCC1. The van der Waals surface area contributed by atoms with E-state index in [0.29, 0.717) is 0 Å². The first-order chi connectivity index (χ1) is 25.8. The molecule has 0 unspecified atom stereocenters. The van der Waals surface area contributed by atoms with Gasteiger partial charge in [-0.15, -0.1) is 0 Å². The van der Waals surface area contributed by atoms with E-state index < -0.39 is 0 Å². The molecule has 0 heterocycles. The van der Waals surface area contributed by atoms with Crippen molar-refractivity contribution in [2.75, 3.05) is 0 Å². The Morgan fingerprint density at radius 1 is 0.346 bits per heavy atom. The van der Waals surface area contributed by atoms with E-state index in [1.54, 1.807) is 5.56 Å². The average Bonchev–Trinajstić information content (AvgIpc) is 3.23. The number of hydrogen-bond donors (Lipinski definition) is 0. The van der Waals surface area contributed by atoms with Crippen molar-refractivity contribution in [3.8, 4) is 44.5 Å². The Hall–Kier alpha value is -5.98. The van der Waals surface area contributed by atoms with E-state index in [9.17, 15) is 0 Å². The van der Waals surface area contributed by atoms with Crippen molar-refractivity contribution in [2.45, 2.75) is 38.5 Å². The monoisotopic (exact) mass is 664 g/mol. The fourth-order valence-electron chi connectivity index (χ4n) is 8.79. The van der Waals surface area contributed by atoms with Gasteiger partial charge in [0, 0.05) is 0 Å². The Kier molecular flexibility index (Phi) is 7.68. The molecule has 8 aromatic rings. The molecule has 8 aromatic carbocycles. The summed E-state index contributed by atoms with van der Waals surface area (Å²) >= 11 is 0. The van der Waals surface area contributed by atoms with Crippen LogP contribution in [0, 0.1) is 0 Å². The normalized spacial score (nSPS) is 14.1. The second-order valence-electron chi connectivity index (χ2n) is 14.6. The molecular formula is C52H40. The maximum atomic E-state index is 2.42. The Morgan fingerprint density at radius 3 is 1.56 bits per heavy atom. The lowest BCUT2D eigenvalue weighted by molar-refractivity contribution is 0.687. The number of aryl methyl sites for hydroxylation is 1. The van der Waals surface area contributed by atoms with E-state index >= 15 is 0 Å². The van der Waals surface area contributed by atoms with Gasteiger partial charge >= 0.3 is 0 Å². The maximum Gasteiger partial charge on any atom is -0.00926 e. The predicted molar refractivity (Wildman–Crippen MR) is 224 cm³/mol. The summed E-state index contributed by atoms with van der Waals surface area (Å²) in [4.78, 5) is 0. The van der Waals surface area contributed by atoms with Gasteiger partial charge in [-0.2, -0.15) is 0 Å². The second-order valence-corrected chi connectivity index (χ2v) is 14.6. The minimum atomic E-state index is 1.10. The quantitative estimate of drug-likeness (QED) is 0.161. The van der Waals surface area contributed by atoms with Crippen LogP contribution in [0.5, 0.6) is 0 Å². The Labute approximate surface area is 306 Å². The molecule has 0 aliphatic heterocycles. The molecule has 52 heavy (non-hydrogen) atoms. The van der Waals surface area contributed by atoms with Gasteiger partial charge in [0.1, 0.15) is 0 Å². The number of hydrogen-bond acceptors (Lipinski definition) is 0. The highest BCUT2D eigenvalue weighted by Crippen LogP contribution is 2.40. The van der Waals surface area contributed by atoms with Gasteiger partial charge in [0.05, 0.1) is 0 Å². The zero-order chi connectivity index (χ0) is 34.4. The van der Waals surface area contributed by atoms with Crippen molar-refractivity contribution < 1.29 is 0 Å². The topological polar surface area (TPSA) is 0 Å². The van der Waals surface area contributed by atoms with E-state index in [1.807, 2.05) is 0 Å². The molecule has 0 spiro atoms. The van der Waals surface area contributed by atoms with Crippen molar-refractivity contribution in [3.05, 3.63) is 187 Å². The molecule has 0 saturated carbocycles. The van der Waals surface area contributed by atoms with Crippen LogP contribution in [-0.4, -0.2) is 0 Å². The Morgan fingerprint density at radius 2 is 0.885 bits per heavy atom. The van der Waals surface area contributed by atoms with Gasteiger partial charge in [0.15, 0.2) is 0 Å². The Balaban J connectivity index is 1.02. The second kappa shape index (κ2) is 13.0. The molecule has 0 saturated heterocycles. The molecule has 10 rings (SSSR count). The zero-order valence-electron chi connectivity index (χ0n) is 29.4. The van der Waals surface area contributed by atoms with Crippen LogP contribution in [0.25, 0.3) is 82.4 Å². The Bertz CT molecular complexity index is 2720. The van der Waals surface area contributed by atoms with Gasteiger partial charge in [0.25, 0.3) is 0 Å². The van der Waals surface area contributed by atoms with Crippen LogP contribution in [0.2, 0.25) is 0 Å². The van der Waals surface area contributed by atoms with E-state index in [1.165, 1.54) is 119 Å². The van der Waals surface area contributed by atoms with Crippen LogP contribution in [-0.2, 0) is 12.8 Å². The number of fused-ring (bicyclic) bond motifs is 7. The van der Waals surface area contributed by atoms with Crippen LogP contribution >= 0.6 is 0 Å². The molecule has 0 nitrogen and oxygen atoms in total. The first-order valence-corrected chi connectivity index (χ1v) is 18.9. The van der Waals surface area contributed by atoms with Crippen molar-refractivity contribution in [1.29, 1.82) is 0 Å². The van der Waals surface area contributed by atoms with Gasteiger partial charge in [-0.05, 0) is 162 Å². The molecule has 0 bridgehead atoms. The molecular weight excluding hydrogens is 625 g/mol. The highest BCUT2D eigenvalue weighted by molar-refractivity contribution is 6.26. The molecule has 0 atom stereocenters. The largest absolute Gasteiger partial charge is 0.0836 e. The minimum absolute atomic E-state index is 1.10. The van der Waals surface area contributed by atoms with Gasteiger partial charge in [-0.25, -0.2) is 0 Å². The summed E-state index contributed by atoms with van der Waals surface area (Å²) < 4.78 is 0. The molecule has 2 aliphatic carbocycles. The van der Waals surface area contributed by atoms with Crippen molar-refractivity contribution in [2.24, 2.45) is 0 Å². The molecule has 0 amide bonds. The lowest BCUT2D eigenvalue weighted by Crippen LogP contribution is -2.04. The molecule has 0 radical (unpaired) electrons. The van der Waals surface area contributed by atoms with Gasteiger partial charge in [-0.3, -0.25) is 0 Å². The summed E-state index contributed by atoms with van der Waals surface area (Å²) in [6.45, 7) is 0. The van der Waals surface area contributed by atoms with Crippen LogP contribution in [0.4, 0.5) is 0 Å². The highest BCUT2D eigenvalue weighted by Gasteiger charge is 2.15. The fraction of sp³-hybridized carbons (Fsp3) is 0.115. The number of benzene rings is 8. The van der Waals surface area contributed by atoms with E-state index in [2.05, 4.69) is 170 Å². The summed E-state index contributed by atoms with van der Waals surface area (Å²) in [7, 11) is 0. The number of allylic oxidation sites excluding steroid dienone is 4. The molecule has 2 aliphatic rings. The lowest BCUT2D eigenvalue weighted by Gasteiger charge is -2.19. The summed E-state index contributed by atoms with van der Waals surface area (Å²) in [5.41, 5.74) is 15.9. The average molecular weight is 665 g/mol. The summed E-state index contributed by atoms with van der Waals surface area (Å²) in [6.07, 6.45) is 14.2. The van der Waals surface area contributed by atoms with Crippen LogP contribution in [0.3, 0.4) is 0 Å². The van der Waals surface area contributed by atoms with Crippen LogP contribution in [0.1, 0.15) is 42.4 Å². The maximum absolute atomic E-state index is 2.42. The van der Waals surface area contributed by atoms with Crippen molar-refractivity contribution in [3.63, 3.8) is 0 Å². The summed E-state index contributed by atoms with van der Waals surface area (Å²) in [5.74, 6) is 0.